The molecule has 19 heavy (non-hydrogen) atoms. The molecule has 0 aliphatic carbocycles. The van der Waals surface area contributed by atoms with Gasteiger partial charge in [-0.25, -0.2) is 9.59 Å². The van der Waals surface area contributed by atoms with Gasteiger partial charge in [0.25, 0.3) is 0 Å². The third kappa shape index (κ3) is 5.49. The minimum Gasteiger partial charge on any atom is -0.467 e. The summed E-state index contributed by atoms with van der Waals surface area (Å²) in [6.07, 6.45) is 6.99. The maximum atomic E-state index is 12.2. The lowest BCUT2D eigenvalue weighted by Crippen LogP contribution is -2.48. The number of methoxy groups -OCH3 is 1. The predicted octanol–water partition coefficient (Wildman–Crippen LogP) is 2.30. The fourth-order valence-corrected chi connectivity index (χ4v) is 2.31. The Morgan fingerprint density at radius 2 is 1.84 bits per heavy atom. The van der Waals surface area contributed by atoms with E-state index in [1.54, 1.807) is 0 Å². The predicted molar refractivity (Wildman–Crippen MR) is 73.9 cm³/mol. The van der Waals surface area contributed by atoms with Crippen LogP contribution < -0.4 is 5.32 Å². The molecule has 0 aromatic heterocycles. The van der Waals surface area contributed by atoms with Crippen molar-refractivity contribution in [2.24, 2.45) is 0 Å². The number of nitrogens with one attached hydrogen (secondary N) is 1. The van der Waals surface area contributed by atoms with E-state index < -0.39 is 6.04 Å². The first-order valence-electron chi connectivity index (χ1n) is 7.32. The van der Waals surface area contributed by atoms with Crippen LogP contribution in [0.2, 0.25) is 0 Å². The van der Waals surface area contributed by atoms with E-state index >= 15 is 0 Å². The molecule has 5 nitrogen and oxygen atoms in total. The molecule has 0 spiro atoms. The monoisotopic (exact) mass is 270 g/mol. The lowest BCUT2D eigenvalue weighted by molar-refractivity contribution is -0.143. The van der Waals surface area contributed by atoms with Gasteiger partial charge in [-0.05, 0) is 19.3 Å². The summed E-state index contributed by atoms with van der Waals surface area (Å²) in [7, 11) is 1.36. The molecule has 1 atom stereocenters. The van der Waals surface area contributed by atoms with Crippen molar-refractivity contribution < 1.29 is 14.3 Å². The summed E-state index contributed by atoms with van der Waals surface area (Å²) in [6, 6.07) is -0.644. The van der Waals surface area contributed by atoms with E-state index in [-0.39, 0.29) is 12.0 Å². The van der Waals surface area contributed by atoms with Crippen molar-refractivity contribution in [3.05, 3.63) is 0 Å². The van der Waals surface area contributed by atoms with Gasteiger partial charge in [0.05, 0.1) is 7.11 Å². The number of rotatable bonds is 5. The van der Waals surface area contributed by atoms with Gasteiger partial charge in [-0.15, -0.1) is 0 Å². The summed E-state index contributed by atoms with van der Waals surface area (Å²) < 4.78 is 4.75. The Bertz CT molecular complexity index is 286. The van der Waals surface area contributed by atoms with Crippen molar-refractivity contribution in [1.82, 2.24) is 10.2 Å². The van der Waals surface area contributed by atoms with Gasteiger partial charge in [-0.1, -0.05) is 32.6 Å². The van der Waals surface area contributed by atoms with Gasteiger partial charge in [-0.3, -0.25) is 0 Å². The van der Waals surface area contributed by atoms with Crippen LogP contribution in [-0.4, -0.2) is 43.1 Å². The number of urea groups is 1. The SMILES string of the molecule is CCCC[C@H](NC(=O)N1CCCCCC1)C(=O)OC. The molecule has 1 aliphatic rings. The second-order valence-electron chi connectivity index (χ2n) is 5.07. The van der Waals surface area contributed by atoms with Gasteiger partial charge in [0.1, 0.15) is 6.04 Å². The average Bonchev–Trinajstić information content (AvgIpc) is 2.71. The average molecular weight is 270 g/mol. The Morgan fingerprint density at radius 1 is 1.21 bits per heavy atom. The molecule has 0 aromatic rings. The van der Waals surface area contributed by atoms with E-state index in [1.807, 2.05) is 4.90 Å². The number of carbonyl (C=O) groups excluding carboxylic acids is 2. The number of nitrogens with zero attached hydrogens (tertiary/aromatic N) is 1. The number of ether oxygens (including phenoxy) is 1. The molecule has 0 unspecified atom stereocenters. The Kier molecular flexibility index (Phi) is 7.30. The van der Waals surface area contributed by atoms with Crippen LogP contribution in [0.4, 0.5) is 4.79 Å². The van der Waals surface area contributed by atoms with Crippen molar-refractivity contribution >= 4 is 12.0 Å². The molecule has 1 aliphatic heterocycles. The van der Waals surface area contributed by atoms with E-state index in [0.29, 0.717) is 6.42 Å². The smallest absolute Gasteiger partial charge is 0.328 e. The summed E-state index contributed by atoms with van der Waals surface area (Å²) in [6.45, 7) is 3.63. The van der Waals surface area contributed by atoms with Crippen molar-refractivity contribution in [2.45, 2.75) is 57.9 Å². The first-order chi connectivity index (χ1) is 9.19. The lowest BCUT2D eigenvalue weighted by atomic mass is 10.1. The van der Waals surface area contributed by atoms with Crippen molar-refractivity contribution in [3.63, 3.8) is 0 Å². The minimum absolute atomic E-state index is 0.131. The van der Waals surface area contributed by atoms with Gasteiger partial charge in [0.2, 0.25) is 0 Å². The molecule has 0 radical (unpaired) electrons. The van der Waals surface area contributed by atoms with Crippen LogP contribution in [0.3, 0.4) is 0 Å². The molecule has 5 heteroatoms. The summed E-state index contributed by atoms with van der Waals surface area (Å²) in [4.78, 5) is 25.6. The molecular weight excluding hydrogens is 244 g/mol. The van der Waals surface area contributed by atoms with Gasteiger partial charge in [-0.2, -0.15) is 0 Å². The van der Waals surface area contributed by atoms with E-state index in [9.17, 15) is 9.59 Å². The molecule has 1 heterocycles. The number of unbranched alkanes of at least 4 members (excludes halogenated alkanes) is 1. The highest BCUT2D eigenvalue weighted by Gasteiger charge is 2.24. The zero-order valence-corrected chi connectivity index (χ0v) is 12.1. The highest BCUT2D eigenvalue weighted by atomic mass is 16.5. The second-order valence-corrected chi connectivity index (χ2v) is 5.07. The number of hydrogen-bond donors (Lipinski definition) is 1. The van der Waals surface area contributed by atoms with Crippen LogP contribution in [0.25, 0.3) is 0 Å². The minimum atomic E-state index is -0.513. The van der Waals surface area contributed by atoms with Crippen LogP contribution in [-0.2, 0) is 9.53 Å². The summed E-state index contributed by atoms with van der Waals surface area (Å²) in [5.74, 6) is -0.350. The van der Waals surface area contributed by atoms with Crippen molar-refractivity contribution in [3.8, 4) is 0 Å². The third-order valence-corrected chi connectivity index (χ3v) is 3.52. The normalized spacial score (nSPS) is 17.5. The van der Waals surface area contributed by atoms with Crippen LogP contribution in [0.5, 0.6) is 0 Å². The summed E-state index contributed by atoms with van der Waals surface area (Å²) in [5.41, 5.74) is 0. The quantitative estimate of drug-likeness (QED) is 0.780. The molecule has 0 bridgehead atoms. The lowest BCUT2D eigenvalue weighted by Gasteiger charge is -2.24. The molecule has 0 aromatic carbocycles. The molecule has 1 saturated heterocycles. The van der Waals surface area contributed by atoms with E-state index in [2.05, 4.69) is 12.2 Å². The van der Waals surface area contributed by atoms with Gasteiger partial charge >= 0.3 is 12.0 Å². The molecular formula is C14H26N2O3. The number of carbonyl (C=O) groups is 2. The number of likely N-dealkylation sites (tertiary alicyclic amines) is 1. The first-order valence-corrected chi connectivity index (χ1v) is 7.32. The van der Waals surface area contributed by atoms with Crippen molar-refractivity contribution in [2.75, 3.05) is 20.2 Å². The number of esters is 1. The molecule has 110 valence electrons. The molecule has 1 fully saturated rings. The molecule has 2 amide bonds. The summed E-state index contributed by atoms with van der Waals surface area (Å²) >= 11 is 0. The number of hydrogen-bond acceptors (Lipinski definition) is 3. The Morgan fingerprint density at radius 3 is 2.37 bits per heavy atom. The van der Waals surface area contributed by atoms with Crippen LogP contribution >= 0.6 is 0 Å². The van der Waals surface area contributed by atoms with Gasteiger partial charge < -0.3 is 15.0 Å². The largest absolute Gasteiger partial charge is 0.467 e. The second kappa shape index (κ2) is 8.77. The maximum absolute atomic E-state index is 12.2. The zero-order valence-electron chi connectivity index (χ0n) is 12.1. The van der Waals surface area contributed by atoms with E-state index in [1.165, 1.54) is 20.0 Å². The number of amides is 2. The first kappa shape index (κ1) is 15.8. The highest BCUT2D eigenvalue weighted by Crippen LogP contribution is 2.10. The molecule has 1 N–H and O–H groups in total. The fraction of sp³-hybridized carbons (Fsp3) is 0.857. The Balaban J connectivity index is 2.50. The Hall–Kier alpha value is -1.26. The van der Waals surface area contributed by atoms with Crippen LogP contribution in [0.1, 0.15) is 51.9 Å². The molecule has 1 rings (SSSR count). The van der Waals surface area contributed by atoms with Crippen LogP contribution in [0.15, 0.2) is 0 Å². The standard InChI is InChI=1S/C14H26N2O3/c1-3-4-9-12(13(17)19-2)15-14(18)16-10-7-5-6-8-11-16/h12H,3-11H2,1-2H3,(H,15,18)/t12-/m0/s1. The zero-order chi connectivity index (χ0) is 14.1. The van der Waals surface area contributed by atoms with Crippen LogP contribution in [0, 0.1) is 0 Å². The topological polar surface area (TPSA) is 58.6 Å². The maximum Gasteiger partial charge on any atom is 0.328 e. The third-order valence-electron chi connectivity index (χ3n) is 3.52. The van der Waals surface area contributed by atoms with Crippen molar-refractivity contribution in [1.29, 1.82) is 0 Å². The van der Waals surface area contributed by atoms with E-state index in [4.69, 9.17) is 4.74 Å². The summed E-state index contributed by atoms with van der Waals surface area (Å²) in [5, 5.41) is 2.81. The highest BCUT2D eigenvalue weighted by molar-refractivity contribution is 5.83. The van der Waals surface area contributed by atoms with E-state index in [0.717, 1.165) is 38.8 Å². The fourth-order valence-electron chi connectivity index (χ4n) is 2.31. The molecule has 0 saturated carbocycles. The van der Waals surface area contributed by atoms with Gasteiger partial charge in [0, 0.05) is 13.1 Å². The Labute approximate surface area is 115 Å². The van der Waals surface area contributed by atoms with Gasteiger partial charge in [0.15, 0.2) is 0 Å².